The molecule has 162 valence electrons. The lowest BCUT2D eigenvalue weighted by molar-refractivity contribution is -0.124. The number of nitrogens with zero attached hydrogens (tertiary/aromatic N) is 1. The number of primary amides is 1. The Bertz CT molecular complexity index is 798. The smallest absolute Gasteiger partial charge is 0.234 e. The minimum absolute atomic E-state index is 0.0844. The molecular formula is C24H33N3O2S. The molecule has 30 heavy (non-hydrogen) atoms. The van der Waals surface area contributed by atoms with Crippen molar-refractivity contribution in [2.45, 2.75) is 51.5 Å². The maximum absolute atomic E-state index is 12.9. The van der Waals surface area contributed by atoms with Gasteiger partial charge in [-0.1, -0.05) is 68.0 Å². The van der Waals surface area contributed by atoms with Crippen LogP contribution in [0.4, 0.5) is 0 Å². The van der Waals surface area contributed by atoms with Crippen LogP contribution in [0.15, 0.2) is 41.8 Å². The fourth-order valence-electron chi connectivity index (χ4n) is 4.22. The molecule has 2 aromatic rings. The van der Waals surface area contributed by atoms with Gasteiger partial charge in [0.25, 0.3) is 0 Å². The minimum atomic E-state index is -0.389. The van der Waals surface area contributed by atoms with Gasteiger partial charge in [-0.15, -0.1) is 11.3 Å². The number of carbonyl (C=O) groups is 2. The zero-order chi connectivity index (χ0) is 21.3. The van der Waals surface area contributed by atoms with Crippen molar-refractivity contribution >= 4 is 23.2 Å². The number of thiophene rings is 1. The van der Waals surface area contributed by atoms with Gasteiger partial charge in [0, 0.05) is 4.88 Å². The molecule has 1 heterocycles. The number of aryl methyl sites for hydroxylation is 1. The Kier molecular flexibility index (Phi) is 8.46. The number of benzene rings is 1. The molecule has 3 rings (SSSR count). The second kappa shape index (κ2) is 11.3. The molecule has 1 aliphatic carbocycles. The van der Waals surface area contributed by atoms with Crippen molar-refractivity contribution in [2.24, 2.45) is 11.7 Å². The summed E-state index contributed by atoms with van der Waals surface area (Å²) in [6.07, 6.45) is 7.44. The van der Waals surface area contributed by atoms with Crippen LogP contribution in [-0.2, 0) is 9.59 Å². The lowest BCUT2D eigenvalue weighted by atomic mass is 9.87. The van der Waals surface area contributed by atoms with Crippen LogP contribution in [0.2, 0.25) is 0 Å². The summed E-state index contributed by atoms with van der Waals surface area (Å²) in [5, 5.41) is 5.19. The molecule has 6 heteroatoms. The van der Waals surface area contributed by atoms with E-state index in [1.54, 1.807) is 11.3 Å². The third kappa shape index (κ3) is 6.96. The van der Waals surface area contributed by atoms with Crippen LogP contribution in [0.5, 0.6) is 0 Å². The van der Waals surface area contributed by atoms with E-state index < -0.39 is 0 Å². The molecule has 0 saturated heterocycles. The quantitative estimate of drug-likeness (QED) is 0.601. The second-order valence-electron chi connectivity index (χ2n) is 8.40. The minimum Gasteiger partial charge on any atom is -0.369 e. The van der Waals surface area contributed by atoms with Crippen molar-refractivity contribution in [2.75, 3.05) is 19.6 Å². The van der Waals surface area contributed by atoms with Crippen LogP contribution in [0, 0.1) is 12.8 Å². The van der Waals surface area contributed by atoms with Gasteiger partial charge in [-0.05, 0) is 42.8 Å². The Morgan fingerprint density at radius 2 is 1.87 bits per heavy atom. The third-order valence-electron chi connectivity index (χ3n) is 5.87. The summed E-state index contributed by atoms with van der Waals surface area (Å²) < 4.78 is 0. The zero-order valence-electron chi connectivity index (χ0n) is 17.8. The highest BCUT2D eigenvalue weighted by Crippen LogP contribution is 2.27. The lowest BCUT2D eigenvalue weighted by Gasteiger charge is -2.27. The fourth-order valence-corrected chi connectivity index (χ4v) is 5.02. The maximum atomic E-state index is 12.9. The van der Waals surface area contributed by atoms with E-state index in [9.17, 15) is 9.59 Å². The number of carbonyl (C=O) groups excluding carboxylic acids is 2. The van der Waals surface area contributed by atoms with E-state index in [0.717, 1.165) is 23.4 Å². The first-order valence-electron chi connectivity index (χ1n) is 10.9. The van der Waals surface area contributed by atoms with Crippen LogP contribution in [-0.4, -0.2) is 36.3 Å². The van der Waals surface area contributed by atoms with E-state index in [0.29, 0.717) is 5.92 Å². The van der Waals surface area contributed by atoms with Crippen LogP contribution < -0.4 is 11.1 Å². The number of nitrogens with two attached hydrogens (primary N) is 1. The predicted octanol–water partition coefficient (Wildman–Crippen LogP) is 4.02. The van der Waals surface area contributed by atoms with Gasteiger partial charge < -0.3 is 11.1 Å². The summed E-state index contributed by atoms with van der Waals surface area (Å²) in [5.74, 6) is 0.224. The Hall–Kier alpha value is -2.18. The molecular weight excluding hydrogens is 394 g/mol. The Balaban J connectivity index is 1.63. The van der Waals surface area contributed by atoms with E-state index in [2.05, 4.69) is 36.5 Å². The highest BCUT2D eigenvalue weighted by atomic mass is 32.1. The highest BCUT2D eigenvalue weighted by molar-refractivity contribution is 7.10. The first-order chi connectivity index (χ1) is 14.5. The number of rotatable bonds is 10. The van der Waals surface area contributed by atoms with Crippen molar-refractivity contribution in [1.82, 2.24) is 10.2 Å². The molecule has 0 aliphatic heterocycles. The van der Waals surface area contributed by atoms with Crippen molar-refractivity contribution < 1.29 is 9.59 Å². The van der Waals surface area contributed by atoms with E-state index >= 15 is 0 Å². The predicted molar refractivity (Wildman–Crippen MR) is 122 cm³/mol. The molecule has 2 amide bonds. The second-order valence-corrected chi connectivity index (χ2v) is 9.38. The topological polar surface area (TPSA) is 75.4 Å². The van der Waals surface area contributed by atoms with Crippen LogP contribution in [0.25, 0.3) is 0 Å². The van der Waals surface area contributed by atoms with Gasteiger partial charge in [0.15, 0.2) is 0 Å². The largest absolute Gasteiger partial charge is 0.369 e. The van der Waals surface area contributed by atoms with Gasteiger partial charge in [-0.25, -0.2) is 0 Å². The van der Waals surface area contributed by atoms with E-state index in [4.69, 9.17) is 5.73 Å². The van der Waals surface area contributed by atoms with Crippen molar-refractivity contribution in [3.8, 4) is 0 Å². The number of nitrogens with one attached hydrogen (secondary N) is 1. The normalized spacial score (nSPS) is 15.8. The van der Waals surface area contributed by atoms with Gasteiger partial charge in [-0.3, -0.25) is 14.5 Å². The third-order valence-corrected chi connectivity index (χ3v) is 6.81. The number of amides is 2. The van der Waals surface area contributed by atoms with E-state index in [-0.39, 0.29) is 30.9 Å². The SMILES string of the molecule is Cc1ccc(C(NC(=O)CN(CCC2CCCCC2)CC(N)=O)c2cccs2)cc1. The first-order valence-corrected chi connectivity index (χ1v) is 11.8. The van der Waals surface area contributed by atoms with Gasteiger partial charge >= 0.3 is 0 Å². The summed E-state index contributed by atoms with van der Waals surface area (Å²) in [7, 11) is 0. The molecule has 3 N–H and O–H groups in total. The Labute approximate surface area is 183 Å². The van der Waals surface area contributed by atoms with Crippen molar-refractivity contribution in [3.63, 3.8) is 0 Å². The van der Waals surface area contributed by atoms with Crippen LogP contribution in [0.1, 0.15) is 60.6 Å². The molecule has 0 spiro atoms. The maximum Gasteiger partial charge on any atom is 0.234 e. The van der Waals surface area contributed by atoms with Gasteiger partial charge in [0.1, 0.15) is 0 Å². The van der Waals surface area contributed by atoms with Gasteiger partial charge in [0.2, 0.25) is 11.8 Å². The summed E-state index contributed by atoms with van der Waals surface area (Å²) in [6.45, 7) is 3.09. The average molecular weight is 428 g/mol. The Morgan fingerprint density at radius 1 is 1.13 bits per heavy atom. The molecule has 1 unspecified atom stereocenters. The number of hydrogen-bond donors (Lipinski definition) is 2. The van der Waals surface area contributed by atoms with Crippen molar-refractivity contribution in [1.29, 1.82) is 0 Å². The highest BCUT2D eigenvalue weighted by Gasteiger charge is 2.21. The van der Waals surface area contributed by atoms with E-state index in [1.165, 1.54) is 37.7 Å². The summed E-state index contributed by atoms with van der Waals surface area (Å²) in [5.41, 5.74) is 7.69. The average Bonchev–Trinajstić information content (AvgIpc) is 3.26. The van der Waals surface area contributed by atoms with Crippen LogP contribution in [0.3, 0.4) is 0 Å². The molecule has 1 aliphatic rings. The van der Waals surface area contributed by atoms with Gasteiger partial charge in [-0.2, -0.15) is 0 Å². The van der Waals surface area contributed by atoms with E-state index in [1.807, 2.05) is 22.4 Å². The standard InChI is InChI=1S/C24H33N3O2S/c1-18-9-11-20(12-10-18)24(21-8-5-15-30-21)26-23(29)17-27(16-22(25)28)14-13-19-6-3-2-4-7-19/h5,8-12,15,19,24H,2-4,6-7,13-14,16-17H2,1H3,(H2,25,28)(H,26,29). The zero-order valence-corrected chi connectivity index (χ0v) is 18.6. The molecule has 0 bridgehead atoms. The molecule has 1 atom stereocenters. The Morgan fingerprint density at radius 3 is 2.50 bits per heavy atom. The lowest BCUT2D eigenvalue weighted by Crippen LogP contribution is -2.43. The molecule has 1 fully saturated rings. The summed E-state index contributed by atoms with van der Waals surface area (Å²) >= 11 is 1.63. The van der Waals surface area contributed by atoms with Crippen molar-refractivity contribution in [3.05, 3.63) is 57.8 Å². The molecule has 1 saturated carbocycles. The fraction of sp³-hybridized carbons (Fsp3) is 0.500. The van der Waals surface area contributed by atoms with Crippen LogP contribution >= 0.6 is 11.3 Å². The number of hydrogen-bond acceptors (Lipinski definition) is 4. The summed E-state index contributed by atoms with van der Waals surface area (Å²) in [6, 6.07) is 12.1. The molecule has 1 aromatic carbocycles. The molecule has 1 aromatic heterocycles. The monoisotopic (exact) mass is 427 g/mol. The summed E-state index contributed by atoms with van der Waals surface area (Å²) in [4.78, 5) is 27.5. The molecule has 0 radical (unpaired) electrons. The molecule has 5 nitrogen and oxygen atoms in total. The van der Waals surface area contributed by atoms with Gasteiger partial charge in [0.05, 0.1) is 19.1 Å². The first kappa shape index (κ1) is 22.5.